The van der Waals surface area contributed by atoms with Crippen LogP contribution in [0.1, 0.15) is 35.1 Å². The zero-order valence-electron chi connectivity index (χ0n) is 10.4. The second kappa shape index (κ2) is 3.96. The van der Waals surface area contributed by atoms with Gasteiger partial charge in [0.05, 0.1) is 0 Å². The summed E-state index contributed by atoms with van der Waals surface area (Å²) in [6.07, 6.45) is 1.33. The van der Waals surface area contributed by atoms with Crippen molar-refractivity contribution in [3.05, 3.63) is 71.3 Å². The Bertz CT molecular complexity index is 561. The van der Waals surface area contributed by atoms with E-state index in [2.05, 4.69) is 59.5 Å². The molecule has 90 valence electrons. The minimum absolute atomic E-state index is 0.555. The summed E-state index contributed by atoms with van der Waals surface area (Å²) in [7, 11) is 0. The molecular weight excluding hydrogens is 218 g/mol. The molecule has 1 heteroatoms. The number of hydrogen-bond acceptors (Lipinski definition) is 1. The third kappa shape index (κ3) is 1.44. The van der Waals surface area contributed by atoms with Crippen LogP contribution in [-0.4, -0.2) is 18.0 Å². The van der Waals surface area contributed by atoms with E-state index in [9.17, 15) is 0 Å². The molecule has 0 aromatic heterocycles. The average molecular weight is 235 g/mol. The summed E-state index contributed by atoms with van der Waals surface area (Å²) in [6, 6.07) is 20.6. The first-order valence-electron chi connectivity index (χ1n) is 6.81. The van der Waals surface area contributed by atoms with E-state index in [1.165, 1.54) is 25.1 Å². The molecule has 2 aliphatic rings. The van der Waals surface area contributed by atoms with Gasteiger partial charge in [-0.25, -0.2) is 0 Å². The summed E-state index contributed by atoms with van der Waals surface area (Å²) in [5.74, 6) is 0.555. The molecule has 0 spiro atoms. The molecule has 0 N–H and O–H groups in total. The van der Waals surface area contributed by atoms with Crippen LogP contribution in [0, 0.1) is 0 Å². The molecule has 2 unspecified atom stereocenters. The quantitative estimate of drug-likeness (QED) is 0.730. The first-order chi connectivity index (χ1) is 8.93. The van der Waals surface area contributed by atoms with Gasteiger partial charge in [-0.1, -0.05) is 54.6 Å². The molecule has 0 saturated carbocycles. The SMILES string of the molecule is c1ccc(C2CN3CCC3c3ccccc32)cc1. The molecule has 0 bridgehead atoms. The van der Waals surface area contributed by atoms with E-state index < -0.39 is 0 Å². The smallest absolute Gasteiger partial charge is 0.0363 e. The number of fused-ring (bicyclic) bond motifs is 3. The van der Waals surface area contributed by atoms with Crippen molar-refractivity contribution < 1.29 is 0 Å². The summed E-state index contributed by atoms with van der Waals surface area (Å²) in [5.41, 5.74) is 4.56. The highest BCUT2D eigenvalue weighted by Crippen LogP contribution is 2.45. The van der Waals surface area contributed by atoms with Crippen LogP contribution in [0.4, 0.5) is 0 Å². The molecule has 0 amide bonds. The lowest BCUT2D eigenvalue weighted by Gasteiger charge is -2.48. The van der Waals surface area contributed by atoms with Crippen LogP contribution < -0.4 is 0 Å². The molecule has 2 aliphatic heterocycles. The fourth-order valence-corrected chi connectivity index (χ4v) is 3.45. The number of hydrogen-bond donors (Lipinski definition) is 0. The summed E-state index contributed by atoms with van der Waals surface area (Å²) in [5, 5.41) is 0. The lowest BCUT2D eigenvalue weighted by atomic mass is 9.77. The minimum atomic E-state index is 0.555. The summed E-state index contributed by atoms with van der Waals surface area (Å²) >= 11 is 0. The number of benzene rings is 2. The van der Waals surface area contributed by atoms with Gasteiger partial charge in [-0.15, -0.1) is 0 Å². The molecule has 1 fully saturated rings. The topological polar surface area (TPSA) is 3.24 Å². The van der Waals surface area contributed by atoms with Gasteiger partial charge in [-0.3, -0.25) is 4.90 Å². The van der Waals surface area contributed by atoms with Crippen molar-refractivity contribution in [2.75, 3.05) is 13.1 Å². The minimum Gasteiger partial charge on any atom is -0.295 e. The van der Waals surface area contributed by atoms with Crippen molar-refractivity contribution in [1.29, 1.82) is 0 Å². The Morgan fingerprint density at radius 3 is 2.28 bits per heavy atom. The zero-order chi connectivity index (χ0) is 11.9. The highest BCUT2D eigenvalue weighted by molar-refractivity contribution is 5.43. The van der Waals surface area contributed by atoms with Crippen molar-refractivity contribution in [3.8, 4) is 0 Å². The number of rotatable bonds is 1. The summed E-state index contributed by atoms with van der Waals surface area (Å²) < 4.78 is 0. The van der Waals surface area contributed by atoms with Crippen molar-refractivity contribution in [2.24, 2.45) is 0 Å². The molecule has 2 heterocycles. The standard InChI is InChI=1S/C17H17N/c1-2-6-13(7-3-1)16-12-18-11-10-17(18)15-9-5-4-8-14(15)16/h1-9,16-17H,10-12H2. The van der Waals surface area contributed by atoms with Crippen LogP contribution in [0.2, 0.25) is 0 Å². The molecule has 0 aliphatic carbocycles. The predicted molar refractivity (Wildman–Crippen MR) is 73.7 cm³/mol. The highest BCUT2D eigenvalue weighted by atomic mass is 15.2. The molecular formula is C17H17N. The van der Waals surface area contributed by atoms with E-state index in [1.807, 2.05) is 0 Å². The Balaban J connectivity index is 1.83. The maximum Gasteiger partial charge on any atom is 0.0363 e. The first kappa shape index (κ1) is 10.3. The van der Waals surface area contributed by atoms with Gasteiger partial charge in [0.25, 0.3) is 0 Å². The largest absolute Gasteiger partial charge is 0.295 e. The van der Waals surface area contributed by atoms with Gasteiger partial charge >= 0.3 is 0 Å². The van der Waals surface area contributed by atoms with Gasteiger partial charge in [0.1, 0.15) is 0 Å². The summed E-state index contributed by atoms with van der Waals surface area (Å²) in [6.45, 7) is 2.45. The van der Waals surface area contributed by atoms with Crippen molar-refractivity contribution >= 4 is 0 Å². The Morgan fingerprint density at radius 2 is 1.56 bits per heavy atom. The lowest BCUT2D eigenvalue weighted by Crippen LogP contribution is -2.47. The molecule has 4 rings (SSSR count). The van der Waals surface area contributed by atoms with Crippen molar-refractivity contribution in [2.45, 2.75) is 18.4 Å². The lowest BCUT2D eigenvalue weighted by molar-refractivity contribution is 0.0739. The van der Waals surface area contributed by atoms with Crippen LogP contribution in [0.5, 0.6) is 0 Å². The maximum absolute atomic E-state index is 2.62. The fraction of sp³-hybridized carbons (Fsp3) is 0.294. The Labute approximate surface area is 108 Å². The second-order valence-corrected chi connectivity index (χ2v) is 5.39. The van der Waals surface area contributed by atoms with Crippen LogP contribution in [0.15, 0.2) is 54.6 Å². The molecule has 2 aromatic rings. The van der Waals surface area contributed by atoms with Gasteiger partial charge in [-0.05, 0) is 23.1 Å². The van der Waals surface area contributed by atoms with Crippen LogP contribution in [0.25, 0.3) is 0 Å². The third-order valence-corrected chi connectivity index (χ3v) is 4.48. The van der Waals surface area contributed by atoms with E-state index in [0.29, 0.717) is 12.0 Å². The fourth-order valence-electron chi connectivity index (χ4n) is 3.45. The number of nitrogens with zero attached hydrogens (tertiary/aromatic N) is 1. The van der Waals surface area contributed by atoms with Crippen molar-refractivity contribution in [3.63, 3.8) is 0 Å². The van der Waals surface area contributed by atoms with Gasteiger partial charge < -0.3 is 0 Å². The summed E-state index contributed by atoms with van der Waals surface area (Å²) in [4.78, 5) is 2.62. The average Bonchev–Trinajstić information content (AvgIpc) is 2.40. The molecule has 1 saturated heterocycles. The van der Waals surface area contributed by atoms with Crippen molar-refractivity contribution in [1.82, 2.24) is 4.90 Å². The first-order valence-corrected chi connectivity index (χ1v) is 6.81. The van der Waals surface area contributed by atoms with E-state index >= 15 is 0 Å². The van der Waals surface area contributed by atoms with Gasteiger partial charge in [0.2, 0.25) is 0 Å². The molecule has 0 radical (unpaired) electrons. The van der Waals surface area contributed by atoms with Gasteiger partial charge in [0, 0.05) is 25.0 Å². The zero-order valence-corrected chi connectivity index (χ0v) is 10.4. The molecule has 2 atom stereocenters. The Hall–Kier alpha value is -1.60. The van der Waals surface area contributed by atoms with Crippen LogP contribution in [0.3, 0.4) is 0 Å². The molecule has 1 nitrogen and oxygen atoms in total. The van der Waals surface area contributed by atoms with E-state index in [-0.39, 0.29) is 0 Å². The van der Waals surface area contributed by atoms with E-state index in [1.54, 1.807) is 11.1 Å². The van der Waals surface area contributed by atoms with E-state index in [0.717, 1.165) is 0 Å². The van der Waals surface area contributed by atoms with Crippen LogP contribution >= 0.6 is 0 Å². The second-order valence-electron chi connectivity index (χ2n) is 5.39. The molecule has 2 aromatic carbocycles. The van der Waals surface area contributed by atoms with E-state index in [4.69, 9.17) is 0 Å². The Kier molecular flexibility index (Phi) is 2.27. The molecule has 18 heavy (non-hydrogen) atoms. The van der Waals surface area contributed by atoms with Gasteiger partial charge in [0.15, 0.2) is 0 Å². The maximum atomic E-state index is 2.62. The normalized spacial score (nSPS) is 26.0. The monoisotopic (exact) mass is 235 g/mol. The van der Waals surface area contributed by atoms with Gasteiger partial charge in [-0.2, -0.15) is 0 Å². The predicted octanol–water partition coefficient (Wildman–Crippen LogP) is 3.58. The third-order valence-electron chi connectivity index (χ3n) is 4.48. The van der Waals surface area contributed by atoms with Crippen LogP contribution in [-0.2, 0) is 0 Å². The highest BCUT2D eigenvalue weighted by Gasteiger charge is 2.38. The Morgan fingerprint density at radius 1 is 0.833 bits per heavy atom.